The van der Waals surface area contributed by atoms with Crippen LogP contribution in [-0.4, -0.2) is 12.0 Å². The maximum Gasteiger partial charge on any atom is 0.210 e. The van der Waals surface area contributed by atoms with Crippen LogP contribution >= 0.6 is 0 Å². The largest absolute Gasteiger partial charge is 0.447 e. The summed E-state index contributed by atoms with van der Waals surface area (Å²) in [5, 5.41) is 3.01. The van der Waals surface area contributed by atoms with Gasteiger partial charge in [0.1, 0.15) is 6.26 Å². The van der Waals surface area contributed by atoms with Crippen molar-refractivity contribution in [3.63, 3.8) is 0 Å². The number of rotatable bonds is 2. The van der Waals surface area contributed by atoms with Crippen molar-refractivity contribution in [3.05, 3.63) is 18.4 Å². The summed E-state index contributed by atoms with van der Waals surface area (Å²) in [5.74, 6) is 0.734. The summed E-state index contributed by atoms with van der Waals surface area (Å²) in [6, 6.07) is 0.208. The number of hydrogen-bond acceptors (Lipinski definition) is 3. The van der Waals surface area contributed by atoms with Gasteiger partial charge in [0, 0.05) is 0 Å². The van der Waals surface area contributed by atoms with E-state index in [0.717, 1.165) is 5.89 Å². The van der Waals surface area contributed by atoms with Gasteiger partial charge < -0.3 is 9.73 Å². The van der Waals surface area contributed by atoms with Crippen molar-refractivity contribution < 1.29 is 4.42 Å². The summed E-state index contributed by atoms with van der Waals surface area (Å²) in [4.78, 5) is 3.96. The summed E-state index contributed by atoms with van der Waals surface area (Å²) in [6.45, 7) is 1.99. The Kier molecular flexibility index (Phi) is 1.85. The van der Waals surface area contributed by atoms with E-state index in [2.05, 4.69) is 10.3 Å². The normalized spacial score (nSPS) is 13.6. The molecular formula is C6H10N2O. The zero-order valence-electron chi connectivity index (χ0n) is 5.59. The average Bonchev–Trinajstić information content (AvgIpc) is 2.37. The Balaban J connectivity index is 2.65. The van der Waals surface area contributed by atoms with E-state index in [0.29, 0.717) is 0 Å². The summed E-state index contributed by atoms with van der Waals surface area (Å²) in [7, 11) is 1.87. The third kappa shape index (κ3) is 1.29. The molecule has 0 saturated heterocycles. The van der Waals surface area contributed by atoms with E-state index in [1.54, 1.807) is 12.5 Å². The van der Waals surface area contributed by atoms with E-state index in [1.807, 2.05) is 14.0 Å². The minimum Gasteiger partial charge on any atom is -0.447 e. The first kappa shape index (κ1) is 6.29. The van der Waals surface area contributed by atoms with Gasteiger partial charge in [0.05, 0.1) is 12.2 Å². The zero-order valence-corrected chi connectivity index (χ0v) is 5.59. The second kappa shape index (κ2) is 2.64. The van der Waals surface area contributed by atoms with Gasteiger partial charge in [-0.15, -0.1) is 0 Å². The second-order valence-electron chi connectivity index (χ2n) is 1.88. The fourth-order valence-corrected chi connectivity index (χ4v) is 0.572. The highest BCUT2D eigenvalue weighted by molar-refractivity contribution is 4.86. The lowest BCUT2D eigenvalue weighted by Crippen LogP contribution is -2.12. The highest BCUT2D eigenvalue weighted by atomic mass is 16.3. The summed E-state index contributed by atoms with van der Waals surface area (Å²) < 4.78 is 5.01. The number of hydrogen-bond donors (Lipinski definition) is 1. The Hall–Kier alpha value is -0.830. The number of nitrogens with one attached hydrogen (secondary N) is 1. The molecule has 1 atom stereocenters. The van der Waals surface area contributed by atoms with E-state index in [1.165, 1.54) is 0 Å². The molecule has 0 radical (unpaired) electrons. The standard InChI is InChI=1S/C6H10N2O/c1-5(7-2)6-8-3-4-9-6/h3-5,7H,1-2H3/t5-/m0/s1. The third-order valence-corrected chi connectivity index (χ3v) is 1.25. The predicted molar refractivity (Wildman–Crippen MR) is 34.0 cm³/mol. The Labute approximate surface area is 54.1 Å². The molecule has 0 aliphatic carbocycles. The van der Waals surface area contributed by atoms with Crippen LogP contribution < -0.4 is 5.32 Å². The topological polar surface area (TPSA) is 38.1 Å². The van der Waals surface area contributed by atoms with Gasteiger partial charge in [0.15, 0.2) is 0 Å². The lowest BCUT2D eigenvalue weighted by Gasteiger charge is -2.02. The van der Waals surface area contributed by atoms with E-state index in [4.69, 9.17) is 4.42 Å². The molecule has 50 valence electrons. The lowest BCUT2D eigenvalue weighted by atomic mass is 10.3. The number of aromatic nitrogens is 1. The minimum absolute atomic E-state index is 0.208. The Morgan fingerprint density at radius 1 is 1.78 bits per heavy atom. The van der Waals surface area contributed by atoms with Crippen LogP contribution in [0, 0.1) is 0 Å². The smallest absolute Gasteiger partial charge is 0.210 e. The molecule has 1 aromatic heterocycles. The monoisotopic (exact) mass is 126 g/mol. The van der Waals surface area contributed by atoms with Gasteiger partial charge in [-0.25, -0.2) is 4.98 Å². The highest BCUT2D eigenvalue weighted by Crippen LogP contribution is 2.06. The second-order valence-corrected chi connectivity index (χ2v) is 1.88. The van der Waals surface area contributed by atoms with Crippen molar-refractivity contribution >= 4 is 0 Å². The Morgan fingerprint density at radius 2 is 2.56 bits per heavy atom. The van der Waals surface area contributed by atoms with Crippen molar-refractivity contribution in [1.82, 2.24) is 10.3 Å². The summed E-state index contributed by atoms with van der Waals surface area (Å²) in [6.07, 6.45) is 3.21. The van der Waals surface area contributed by atoms with Crippen molar-refractivity contribution in [3.8, 4) is 0 Å². The van der Waals surface area contributed by atoms with Crippen molar-refractivity contribution in [2.24, 2.45) is 0 Å². The SMILES string of the molecule is CN[C@@H](C)c1ncco1. The Bertz CT molecular complexity index is 160. The van der Waals surface area contributed by atoms with E-state index in [9.17, 15) is 0 Å². The molecule has 0 saturated carbocycles. The predicted octanol–water partition coefficient (Wildman–Crippen LogP) is 0.955. The maximum atomic E-state index is 5.01. The lowest BCUT2D eigenvalue weighted by molar-refractivity contribution is 0.433. The molecule has 9 heavy (non-hydrogen) atoms. The molecule has 1 aromatic rings. The molecule has 0 fully saturated rings. The van der Waals surface area contributed by atoms with Crippen LogP contribution in [0.2, 0.25) is 0 Å². The fraction of sp³-hybridized carbons (Fsp3) is 0.500. The maximum absolute atomic E-state index is 5.01. The molecular weight excluding hydrogens is 116 g/mol. The van der Waals surface area contributed by atoms with Crippen LogP contribution in [0.4, 0.5) is 0 Å². The van der Waals surface area contributed by atoms with Gasteiger partial charge in [-0.1, -0.05) is 0 Å². The van der Waals surface area contributed by atoms with Gasteiger partial charge in [-0.2, -0.15) is 0 Å². The molecule has 3 heteroatoms. The molecule has 3 nitrogen and oxygen atoms in total. The average molecular weight is 126 g/mol. The first-order chi connectivity index (χ1) is 4.34. The highest BCUT2D eigenvalue weighted by Gasteiger charge is 2.04. The van der Waals surface area contributed by atoms with E-state index >= 15 is 0 Å². The molecule has 0 aliphatic rings. The molecule has 1 heterocycles. The molecule has 1 rings (SSSR count). The first-order valence-corrected chi connectivity index (χ1v) is 2.91. The van der Waals surface area contributed by atoms with E-state index in [-0.39, 0.29) is 6.04 Å². The number of oxazole rings is 1. The van der Waals surface area contributed by atoms with Crippen LogP contribution in [0.25, 0.3) is 0 Å². The summed E-state index contributed by atoms with van der Waals surface area (Å²) in [5.41, 5.74) is 0. The summed E-state index contributed by atoms with van der Waals surface area (Å²) >= 11 is 0. The van der Waals surface area contributed by atoms with Crippen LogP contribution in [-0.2, 0) is 0 Å². The van der Waals surface area contributed by atoms with Gasteiger partial charge in [-0.3, -0.25) is 0 Å². The van der Waals surface area contributed by atoms with Gasteiger partial charge in [-0.05, 0) is 14.0 Å². The molecule has 0 aliphatic heterocycles. The van der Waals surface area contributed by atoms with Gasteiger partial charge >= 0.3 is 0 Å². The van der Waals surface area contributed by atoms with Gasteiger partial charge in [0.25, 0.3) is 0 Å². The van der Waals surface area contributed by atoms with Crippen LogP contribution in [0.5, 0.6) is 0 Å². The first-order valence-electron chi connectivity index (χ1n) is 2.91. The molecule has 0 aromatic carbocycles. The van der Waals surface area contributed by atoms with E-state index < -0.39 is 0 Å². The Morgan fingerprint density at radius 3 is 3.00 bits per heavy atom. The van der Waals surface area contributed by atoms with Crippen LogP contribution in [0.15, 0.2) is 16.9 Å². The molecule has 0 amide bonds. The third-order valence-electron chi connectivity index (χ3n) is 1.25. The molecule has 0 spiro atoms. The fourth-order valence-electron chi connectivity index (χ4n) is 0.572. The van der Waals surface area contributed by atoms with Gasteiger partial charge in [0.2, 0.25) is 5.89 Å². The van der Waals surface area contributed by atoms with Crippen molar-refractivity contribution in [2.75, 3.05) is 7.05 Å². The minimum atomic E-state index is 0.208. The quantitative estimate of drug-likeness (QED) is 0.641. The van der Waals surface area contributed by atoms with Crippen molar-refractivity contribution in [1.29, 1.82) is 0 Å². The zero-order chi connectivity index (χ0) is 6.69. The molecule has 0 unspecified atom stereocenters. The van der Waals surface area contributed by atoms with Crippen molar-refractivity contribution in [2.45, 2.75) is 13.0 Å². The van der Waals surface area contributed by atoms with Crippen LogP contribution in [0.3, 0.4) is 0 Å². The van der Waals surface area contributed by atoms with Crippen LogP contribution in [0.1, 0.15) is 18.9 Å². The molecule has 0 bridgehead atoms. The molecule has 1 N–H and O–H groups in total. The number of nitrogens with zero attached hydrogens (tertiary/aromatic N) is 1.